The first-order valence-corrected chi connectivity index (χ1v) is 4.41. The van der Waals surface area contributed by atoms with Gasteiger partial charge in [0.1, 0.15) is 5.75 Å². The number of hydrogen-bond donors (Lipinski definition) is 1. The van der Waals surface area contributed by atoms with Gasteiger partial charge in [0.05, 0.1) is 17.7 Å². The van der Waals surface area contributed by atoms with E-state index in [2.05, 4.69) is 0 Å². The molecule has 0 atom stereocenters. The van der Waals surface area contributed by atoms with Gasteiger partial charge in [0.25, 0.3) is 0 Å². The lowest BCUT2D eigenvalue weighted by Crippen LogP contribution is -2.08. The third kappa shape index (κ3) is 2.54. The highest BCUT2D eigenvalue weighted by Gasteiger charge is 2.32. The largest absolute Gasteiger partial charge is 0.495 e. The minimum atomic E-state index is -4.43. The zero-order chi connectivity index (χ0) is 11.6. The number of hydrogen-bond acceptors (Lipinski definition) is 2. The molecule has 0 aromatic heterocycles. The molecule has 0 spiro atoms. The van der Waals surface area contributed by atoms with Crippen molar-refractivity contribution in [3.8, 4) is 5.75 Å². The molecule has 2 N–H and O–H groups in total. The maximum atomic E-state index is 12.4. The lowest BCUT2D eigenvalue weighted by molar-refractivity contribution is -0.137. The van der Waals surface area contributed by atoms with Gasteiger partial charge in [-0.1, -0.05) is 11.6 Å². The van der Waals surface area contributed by atoms with Crippen molar-refractivity contribution in [2.45, 2.75) is 12.7 Å². The van der Waals surface area contributed by atoms with E-state index in [1.165, 1.54) is 7.11 Å². The third-order valence-corrected chi connectivity index (χ3v) is 2.31. The Morgan fingerprint density at radius 3 is 2.40 bits per heavy atom. The van der Waals surface area contributed by atoms with Crippen molar-refractivity contribution in [3.05, 3.63) is 28.3 Å². The molecule has 1 aromatic carbocycles. The summed E-state index contributed by atoms with van der Waals surface area (Å²) in [5.74, 6) is -0.0214. The smallest absolute Gasteiger partial charge is 0.416 e. The molecule has 0 bridgehead atoms. The fourth-order valence-corrected chi connectivity index (χ4v) is 1.38. The van der Waals surface area contributed by atoms with Crippen LogP contribution in [0.1, 0.15) is 11.1 Å². The summed E-state index contributed by atoms with van der Waals surface area (Å²) in [4.78, 5) is 0. The van der Waals surface area contributed by atoms with Gasteiger partial charge in [0.2, 0.25) is 0 Å². The highest BCUT2D eigenvalue weighted by atomic mass is 35.5. The average molecular weight is 240 g/mol. The molecule has 84 valence electrons. The molecule has 2 nitrogen and oxygen atoms in total. The number of alkyl halides is 3. The second-order valence-corrected chi connectivity index (χ2v) is 3.23. The fraction of sp³-hybridized carbons (Fsp3) is 0.333. The molecule has 0 radical (unpaired) electrons. The van der Waals surface area contributed by atoms with E-state index in [4.69, 9.17) is 22.1 Å². The summed E-state index contributed by atoms with van der Waals surface area (Å²) in [6.07, 6.45) is -4.43. The van der Waals surface area contributed by atoms with Crippen LogP contribution in [-0.2, 0) is 12.7 Å². The van der Waals surface area contributed by atoms with Crippen molar-refractivity contribution < 1.29 is 17.9 Å². The number of benzene rings is 1. The number of halogens is 4. The van der Waals surface area contributed by atoms with Crippen molar-refractivity contribution in [3.63, 3.8) is 0 Å². The van der Waals surface area contributed by atoms with Crippen LogP contribution in [-0.4, -0.2) is 7.11 Å². The average Bonchev–Trinajstić information content (AvgIpc) is 2.16. The molecule has 0 aliphatic carbocycles. The molecule has 0 amide bonds. The topological polar surface area (TPSA) is 35.2 Å². The first-order chi connectivity index (χ1) is 6.90. The minimum Gasteiger partial charge on any atom is -0.495 e. The Morgan fingerprint density at radius 2 is 2.00 bits per heavy atom. The van der Waals surface area contributed by atoms with E-state index in [0.717, 1.165) is 12.1 Å². The second kappa shape index (κ2) is 4.28. The summed E-state index contributed by atoms with van der Waals surface area (Å²) in [7, 11) is 1.25. The molecule has 1 rings (SSSR count). The molecular formula is C9H9ClF3NO. The summed E-state index contributed by atoms with van der Waals surface area (Å²) in [6.45, 7) is -0.0703. The molecule has 0 fully saturated rings. The number of nitrogens with two attached hydrogens (primary N) is 1. The second-order valence-electron chi connectivity index (χ2n) is 2.85. The number of rotatable bonds is 2. The minimum absolute atomic E-state index is 0.0214. The number of methoxy groups -OCH3 is 1. The predicted octanol–water partition coefficient (Wildman–Crippen LogP) is 2.83. The van der Waals surface area contributed by atoms with Crippen LogP contribution >= 0.6 is 11.6 Å². The first kappa shape index (κ1) is 12.1. The van der Waals surface area contributed by atoms with Crippen LogP contribution in [0.3, 0.4) is 0 Å². The van der Waals surface area contributed by atoms with Gasteiger partial charge in [-0.05, 0) is 17.7 Å². The zero-order valence-corrected chi connectivity index (χ0v) is 8.62. The Morgan fingerprint density at radius 1 is 1.40 bits per heavy atom. The summed E-state index contributed by atoms with van der Waals surface area (Å²) >= 11 is 5.76. The lowest BCUT2D eigenvalue weighted by Gasteiger charge is -2.12. The van der Waals surface area contributed by atoms with Gasteiger partial charge in [-0.15, -0.1) is 0 Å². The monoisotopic (exact) mass is 239 g/mol. The molecule has 1 aromatic rings. The Kier molecular flexibility index (Phi) is 3.46. The molecular weight excluding hydrogens is 231 g/mol. The fourth-order valence-electron chi connectivity index (χ4n) is 1.12. The SMILES string of the molecule is COc1cc(C(F)(F)F)cc(CN)c1Cl. The predicted molar refractivity (Wildman–Crippen MR) is 50.9 cm³/mol. The summed E-state index contributed by atoms with van der Waals surface area (Å²) in [5, 5.41) is 0.119. The van der Waals surface area contributed by atoms with E-state index in [1.807, 2.05) is 0 Å². The molecule has 0 saturated heterocycles. The summed E-state index contributed by atoms with van der Waals surface area (Å²) < 4.78 is 42.0. The maximum absolute atomic E-state index is 12.4. The lowest BCUT2D eigenvalue weighted by atomic mass is 10.1. The van der Waals surface area contributed by atoms with E-state index >= 15 is 0 Å². The van der Waals surface area contributed by atoms with E-state index in [-0.39, 0.29) is 22.9 Å². The van der Waals surface area contributed by atoms with Crippen molar-refractivity contribution in [2.24, 2.45) is 5.73 Å². The highest BCUT2D eigenvalue weighted by molar-refractivity contribution is 6.32. The first-order valence-electron chi connectivity index (χ1n) is 4.03. The molecule has 15 heavy (non-hydrogen) atoms. The van der Waals surface area contributed by atoms with Crippen LogP contribution in [0.15, 0.2) is 12.1 Å². The maximum Gasteiger partial charge on any atom is 0.416 e. The summed E-state index contributed by atoms with van der Waals surface area (Å²) in [6, 6.07) is 1.77. The Balaban J connectivity index is 3.33. The van der Waals surface area contributed by atoms with Gasteiger partial charge in [0, 0.05) is 6.54 Å². The Hall–Kier alpha value is -0.940. The van der Waals surface area contributed by atoms with E-state index < -0.39 is 11.7 Å². The van der Waals surface area contributed by atoms with E-state index in [9.17, 15) is 13.2 Å². The van der Waals surface area contributed by atoms with Gasteiger partial charge in [-0.25, -0.2) is 0 Å². The van der Waals surface area contributed by atoms with Crippen LogP contribution in [0.5, 0.6) is 5.75 Å². The van der Waals surface area contributed by atoms with Crippen molar-refractivity contribution in [2.75, 3.05) is 7.11 Å². The van der Waals surface area contributed by atoms with Crippen molar-refractivity contribution in [1.82, 2.24) is 0 Å². The van der Waals surface area contributed by atoms with Crippen LogP contribution < -0.4 is 10.5 Å². The van der Waals surface area contributed by atoms with Crippen LogP contribution in [0.4, 0.5) is 13.2 Å². The van der Waals surface area contributed by atoms with Gasteiger partial charge >= 0.3 is 6.18 Å². The summed E-state index contributed by atoms with van der Waals surface area (Å²) in [5.41, 5.74) is 4.67. The van der Waals surface area contributed by atoms with Gasteiger partial charge < -0.3 is 10.5 Å². The molecule has 0 saturated carbocycles. The Bertz CT molecular complexity index is 340. The molecule has 0 aliphatic rings. The van der Waals surface area contributed by atoms with Gasteiger partial charge in [-0.3, -0.25) is 0 Å². The van der Waals surface area contributed by atoms with Crippen molar-refractivity contribution >= 4 is 11.6 Å². The van der Waals surface area contributed by atoms with E-state index in [0.29, 0.717) is 0 Å². The quantitative estimate of drug-likeness (QED) is 0.861. The normalized spacial score (nSPS) is 11.6. The highest BCUT2D eigenvalue weighted by Crippen LogP contribution is 2.37. The standard InChI is InChI=1S/C9H9ClF3NO/c1-15-7-3-6(9(11,12)13)2-5(4-14)8(7)10/h2-3H,4,14H2,1H3. The van der Waals surface area contributed by atoms with Crippen LogP contribution in [0.25, 0.3) is 0 Å². The van der Waals surface area contributed by atoms with Gasteiger partial charge in [0.15, 0.2) is 0 Å². The Labute approximate surface area is 89.8 Å². The molecule has 0 aliphatic heterocycles. The van der Waals surface area contributed by atoms with E-state index in [1.54, 1.807) is 0 Å². The van der Waals surface area contributed by atoms with Crippen LogP contribution in [0.2, 0.25) is 5.02 Å². The molecule has 0 unspecified atom stereocenters. The molecule has 0 heterocycles. The van der Waals surface area contributed by atoms with Gasteiger partial charge in [-0.2, -0.15) is 13.2 Å². The number of ether oxygens (including phenoxy) is 1. The third-order valence-electron chi connectivity index (χ3n) is 1.88. The van der Waals surface area contributed by atoms with Crippen LogP contribution in [0, 0.1) is 0 Å². The molecule has 6 heteroatoms. The van der Waals surface area contributed by atoms with Crippen molar-refractivity contribution in [1.29, 1.82) is 0 Å². The zero-order valence-electron chi connectivity index (χ0n) is 7.86.